The van der Waals surface area contributed by atoms with Crippen LogP contribution in [0.25, 0.3) is 0 Å². The Morgan fingerprint density at radius 2 is 2.10 bits per heavy atom. The molecule has 0 aliphatic heterocycles. The second kappa shape index (κ2) is 2.08. The summed E-state index contributed by atoms with van der Waals surface area (Å²) >= 11 is 0. The van der Waals surface area contributed by atoms with E-state index >= 15 is 0 Å². The average molecular weight is 138 g/mol. The topological polar surface area (TPSA) is 17.1 Å². The zero-order valence-electron chi connectivity index (χ0n) is 6.47. The van der Waals surface area contributed by atoms with Crippen LogP contribution in [0.4, 0.5) is 0 Å². The molecule has 0 heterocycles. The summed E-state index contributed by atoms with van der Waals surface area (Å²) in [6.07, 6.45) is 5.29. The van der Waals surface area contributed by atoms with Crippen LogP contribution in [0.2, 0.25) is 0 Å². The van der Waals surface area contributed by atoms with Crippen LogP contribution in [0.1, 0.15) is 32.6 Å². The predicted molar refractivity (Wildman–Crippen MR) is 39.6 cm³/mol. The Labute approximate surface area is 61.8 Å². The van der Waals surface area contributed by atoms with Crippen LogP contribution in [0.5, 0.6) is 0 Å². The molecular formula is C9H14O. The highest BCUT2D eigenvalue weighted by Gasteiger charge is 2.41. The number of hydrogen-bond acceptors (Lipinski definition) is 1. The standard InChI is InChI=1S/C9H14O/c1-6(10)9-5-7-2-3-8(9)4-7/h7-9H,2-5H2,1H3/t7-,8+,9+/m1/s1. The molecule has 0 N–H and O–H groups in total. The van der Waals surface area contributed by atoms with Gasteiger partial charge >= 0.3 is 0 Å². The van der Waals surface area contributed by atoms with Gasteiger partial charge in [-0.25, -0.2) is 0 Å². The van der Waals surface area contributed by atoms with Crippen molar-refractivity contribution < 1.29 is 4.79 Å². The van der Waals surface area contributed by atoms with Crippen molar-refractivity contribution in [1.29, 1.82) is 0 Å². The number of hydrogen-bond donors (Lipinski definition) is 0. The molecule has 0 aromatic carbocycles. The van der Waals surface area contributed by atoms with Crippen LogP contribution in [0.3, 0.4) is 0 Å². The van der Waals surface area contributed by atoms with Crippen LogP contribution >= 0.6 is 0 Å². The molecule has 0 saturated heterocycles. The van der Waals surface area contributed by atoms with Gasteiger partial charge in [-0.2, -0.15) is 0 Å². The Hall–Kier alpha value is -0.330. The first kappa shape index (κ1) is 6.38. The van der Waals surface area contributed by atoms with Crippen LogP contribution in [-0.4, -0.2) is 5.78 Å². The van der Waals surface area contributed by atoms with E-state index in [4.69, 9.17) is 0 Å². The van der Waals surface area contributed by atoms with Crippen molar-refractivity contribution >= 4 is 5.78 Å². The summed E-state index contributed by atoms with van der Waals surface area (Å²) in [6, 6.07) is 0. The molecule has 0 amide bonds. The lowest BCUT2D eigenvalue weighted by molar-refractivity contribution is -0.122. The number of fused-ring (bicyclic) bond motifs is 2. The largest absolute Gasteiger partial charge is 0.300 e. The summed E-state index contributed by atoms with van der Waals surface area (Å²) in [7, 11) is 0. The molecule has 0 aromatic heterocycles. The minimum absolute atomic E-state index is 0.437. The molecular weight excluding hydrogens is 124 g/mol. The van der Waals surface area contributed by atoms with Gasteiger partial charge in [0.1, 0.15) is 5.78 Å². The van der Waals surface area contributed by atoms with Crippen molar-refractivity contribution in [3.8, 4) is 0 Å². The van der Waals surface area contributed by atoms with Crippen LogP contribution in [0, 0.1) is 17.8 Å². The van der Waals surface area contributed by atoms with E-state index in [1.807, 2.05) is 0 Å². The second-order valence-corrected chi connectivity index (χ2v) is 3.89. The van der Waals surface area contributed by atoms with E-state index in [-0.39, 0.29) is 0 Å². The lowest BCUT2D eigenvalue weighted by atomic mass is 9.86. The van der Waals surface area contributed by atoms with Crippen molar-refractivity contribution in [2.75, 3.05) is 0 Å². The third kappa shape index (κ3) is 0.799. The minimum Gasteiger partial charge on any atom is -0.300 e. The van der Waals surface area contributed by atoms with Gasteiger partial charge in [0.15, 0.2) is 0 Å². The number of rotatable bonds is 1. The Balaban J connectivity index is 2.08. The first-order chi connectivity index (χ1) is 4.77. The predicted octanol–water partition coefficient (Wildman–Crippen LogP) is 2.01. The van der Waals surface area contributed by atoms with E-state index < -0.39 is 0 Å². The average Bonchev–Trinajstić information content (AvgIpc) is 2.44. The summed E-state index contributed by atoms with van der Waals surface area (Å²) in [4.78, 5) is 11.0. The van der Waals surface area contributed by atoms with Gasteiger partial charge in [0.05, 0.1) is 0 Å². The van der Waals surface area contributed by atoms with Gasteiger partial charge in [-0.05, 0) is 38.0 Å². The fourth-order valence-corrected chi connectivity index (χ4v) is 2.74. The minimum atomic E-state index is 0.437. The third-order valence-electron chi connectivity index (χ3n) is 3.26. The fourth-order valence-electron chi connectivity index (χ4n) is 2.74. The second-order valence-electron chi connectivity index (χ2n) is 3.89. The number of carbonyl (C=O) groups excluding carboxylic acids is 1. The molecule has 0 radical (unpaired) electrons. The zero-order valence-corrected chi connectivity index (χ0v) is 6.47. The zero-order chi connectivity index (χ0) is 7.14. The van der Waals surface area contributed by atoms with Crippen molar-refractivity contribution in [2.24, 2.45) is 17.8 Å². The van der Waals surface area contributed by atoms with Crippen molar-refractivity contribution in [3.63, 3.8) is 0 Å². The number of carbonyl (C=O) groups is 1. The highest BCUT2D eigenvalue weighted by molar-refractivity contribution is 5.79. The van der Waals surface area contributed by atoms with Gasteiger partial charge < -0.3 is 0 Å². The van der Waals surface area contributed by atoms with Gasteiger partial charge in [0.2, 0.25) is 0 Å². The molecule has 2 saturated carbocycles. The van der Waals surface area contributed by atoms with Crippen LogP contribution in [0.15, 0.2) is 0 Å². The number of ketones is 1. The van der Waals surface area contributed by atoms with Gasteiger partial charge in [0.25, 0.3) is 0 Å². The Morgan fingerprint density at radius 3 is 2.40 bits per heavy atom. The molecule has 3 atom stereocenters. The molecule has 2 aliphatic carbocycles. The molecule has 1 heteroatoms. The third-order valence-corrected chi connectivity index (χ3v) is 3.26. The van der Waals surface area contributed by atoms with E-state index in [2.05, 4.69) is 0 Å². The molecule has 56 valence electrons. The van der Waals surface area contributed by atoms with Crippen molar-refractivity contribution in [1.82, 2.24) is 0 Å². The van der Waals surface area contributed by atoms with E-state index in [0.717, 1.165) is 11.8 Å². The number of Topliss-reactive ketones (excluding diaryl/α,β-unsaturated/α-hetero) is 1. The molecule has 1 nitrogen and oxygen atoms in total. The van der Waals surface area contributed by atoms with Crippen molar-refractivity contribution in [2.45, 2.75) is 32.6 Å². The normalized spacial score (nSPS) is 44.3. The van der Waals surface area contributed by atoms with Crippen LogP contribution in [-0.2, 0) is 4.79 Å². The summed E-state index contributed by atoms with van der Waals surface area (Å²) in [5.41, 5.74) is 0. The first-order valence-electron chi connectivity index (χ1n) is 4.28. The molecule has 0 unspecified atom stereocenters. The van der Waals surface area contributed by atoms with Gasteiger partial charge in [-0.1, -0.05) is 6.42 Å². The van der Waals surface area contributed by atoms with E-state index in [1.54, 1.807) is 6.92 Å². The monoisotopic (exact) mass is 138 g/mol. The lowest BCUT2D eigenvalue weighted by Crippen LogP contribution is -2.17. The Kier molecular flexibility index (Phi) is 1.33. The molecule has 10 heavy (non-hydrogen) atoms. The summed E-state index contributed by atoms with van der Waals surface area (Å²) in [6.45, 7) is 1.76. The molecule has 2 rings (SSSR count). The fraction of sp³-hybridized carbons (Fsp3) is 0.889. The van der Waals surface area contributed by atoms with Gasteiger partial charge in [-0.3, -0.25) is 4.79 Å². The smallest absolute Gasteiger partial charge is 0.133 e. The Bertz CT molecular complexity index is 162. The molecule has 2 aliphatic rings. The van der Waals surface area contributed by atoms with E-state index in [0.29, 0.717) is 11.7 Å². The quantitative estimate of drug-likeness (QED) is 0.541. The SMILES string of the molecule is CC(=O)[C@@H]1C[C@@H]2CC[C@H]1C2. The summed E-state index contributed by atoms with van der Waals surface area (Å²) in [5.74, 6) is 2.59. The van der Waals surface area contributed by atoms with E-state index in [1.165, 1.54) is 25.7 Å². The van der Waals surface area contributed by atoms with Gasteiger partial charge in [-0.15, -0.1) is 0 Å². The first-order valence-corrected chi connectivity index (χ1v) is 4.28. The molecule has 2 bridgehead atoms. The molecule has 0 aromatic rings. The molecule has 2 fully saturated rings. The maximum atomic E-state index is 11.0. The van der Waals surface area contributed by atoms with Crippen molar-refractivity contribution in [3.05, 3.63) is 0 Å². The van der Waals surface area contributed by atoms with Crippen LogP contribution < -0.4 is 0 Å². The maximum Gasteiger partial charge on any atom is 0.133 e. The van der Waals surface area contributed by atoms with E-state index in [9.17, 15) is 4.79 Å². The lowest BCUT2D eigenvalue weighted by Gasteiger charge is -2.17. The van der Waals surface area contributed by atoms with Gasteiger partial charge in [0, 0.05) is 5.92 Å². The highest BCUT2D eigenvalue weighted by atomic mass is 16.1. The summed E-state index contributed by atoms with van der Waals surface area (Å²) < 4.78 is 0. The maximum absolute atomic E-state index is 11.0. The highest BCUT2D eigenvalue weighted by Crippen LogP contribution is 2.48. The summed E-state index contributed by atoms with van der Waals surface area (Å²) in [5, 5.41) is 0. The molecule has 0 spiro atoms. The Morgan fingerprint density at radius 1 is 1.30 bits per heavy atom.